The van der Waals surface area contributed by atoms with Crippen LogP contribution in [0.3, 0.4) is 0 Å². The summed E-state index contributed by atoms with van der Waals surface area (Å²) in [5.74, 6) is -1.69. The molecule has 1 unspecified atom stereocenters. The predicted molar refractivity (Wildman–Crippen MR) is 90.4 cm³/mol. The Bertz CT molecular complexity index is 690. The van der Waals surface area contributed by atoms with Gasteiger partial charge < -0.3 is 20.1 Å². The Morgan fingerprint density at radius 3 is 2.76 bits per heavy atom. The lowest BCUT2D eigenvalue weighted by atomic mass is 10.0. The van der Waals surface area contributed by atoms with Crippen LogP contribution in [0.25, 0.3) is 0 Å². The second-order valence-electron chi connectivity index (χ2n) is 6.57. The quantitative estimate of drug-likeness (QED) is 0.840. The van der Waals surface area contributed by atoms with Crippen LogP contribution in [0.5, 0.6) is 5.75 Å². The third-order valence-electron chi connectivity index (χ3n) is 5.03. The van der Waals surface area contributed by atoms with Crippen LogP contribution in [0, 0.1) is 11.8 Å². The van der Waals surface area contributed by atoms with Crippen molar-refractivity contribution in [3.63, 3.8) is 0 Å². The zero-order chi connectivity index (χ0) is 18.0. The highest BCUT2D eigenvalue weighted by molar-refractivity contribution is 6.01. The maximum atomic E-state index is 12.5. The van der Waals surface area contributed by atoms with Crippen molar-refractivity contribution >= 4 is 23.5 Å². The van der Waals surface area contributed by atoms with Gasteiger partial charge in [-0.2, -0.15) is 0 Å². The highest BCUT2D eigenvalue weighted by Gasteiger charge is 2.39. The van der Waals surface area contributed by atoms with Gasteiger partial charge in [-0.25, -0.2) is 0 Å². The molecule has 2 amide bonds. The van der Waals surface area contributed by atoms with Gasteiger partial charge in [-0.1, -0.05) is 18.6 Å². The van der Waals surface area contributed by atoms with Crippen molar-refractivity contribution < 1.29 is 24.2 Å². The second-order valence-corrected chi connectivity index (χ2v) is 6.57. The number of amides is 2. The molecule has 7 nitrogen and oxygen atoms in total. The molecule has 2 aliphatic rings. The zero-order valence-electron chi connectivity index (χ0n) is 14.1. The molecule has 1 saturated carbocycles. The summed E-state index contributed by atoms with van der Waals surface area (Å²) in [6.45, 7) is 0.273. The van der Waals surface area contributed by atoms with Crippen LogP contribution >= 0.6 is 0 Å². The number of nitrogens with one attached hydrogen (secondary N) is 1. The minimum absolute atomic E-state index is 0.119. The van der Waals surface area contributed by atoms with Crippen molar-refractivity contribution in [3.8, 4) is 5.75 Å². The minimum atomic E-state index is -0.874. The SMILES string of the molecule is COc1ccccc1N1CC(C(=O)N[C@@H]2CCC[C@@H]2C(=O)O)CC1=O. The van der Waals surface area contributed by atoms with Gasteiger partial charge >= 0.3 is 5.97 Å². The van der Waals surface area contributed by atoms with Crippen molar-refractivity contribution in [1.29, 1.82) is 0 Å². The van der Waals surface area contributed by atoms with Gasteiger partial charge in [0.25, 0.3) is 0 Å². The van der Waals surface area contributed by atoms with Crippen molar-refractivity contribution in [3.05, 3.63) is 24.3 Å². The van der Waals surface area contributed by atoms with Crippen molar-refractivity contribution in [1.82, 2.24) is 5.32 Å². The summed E-state index contributed by atoms with van der Waals surface area (Å²) in [5, 5.41) is 12.1. The van der Waals surface area contributed by atoms with Crippen LogP contribution in [0.4, 0.5) is 5.69 Å². The third-order valence-corrected chi connectivity index (χ3v) is 5.03. The van der Waals surface area contributed by atoms with E-state index in [0.717, 1.165) is 6.42 Å². The van der Waals surface area contributed by atoms with Crippen LogP contribution in [-0.2, 0) is 14.4 Å². The van der Waals surface area contributed by atoms with E-state index in [1.54, 1.807) is 17.0 Å². The summed E-state index contributed by atoms with van der Waals surface area (Å²) in [6.07, 6.45) is 2.16. The summed E-state index contributed by atoms with van der Waals surface area (Å²) < 4.78 is 5.29. The normalized spacial score (nSPS) is 25.9. The van der Waals surface area contributed by atoms with Gasteiger partial charge in [-0.3, -0.25) is 14.4 Å². The molecule has 25 heavy (non-hydrogen) atoms. The molecule has 3 atom stereocenters. The topological polar surface area (TPSA) is 95.9 Å². The molecule has 0 spiro atoms. The molecule has 1 aliphatic heterocycles. The third kappa shape index (κ3) is 3.45. The Labute approximate surface area is 146 Å². The van der Waals surface area contributed by atoms with E-state index in [9.17, 15) is 19.5 Å². The second kappa shape index (κ2) is 7.13. The lowest BCUT2D eigenvalue weighted by Gasteiger charge is -2.21. The molecule has 7 heteroatoms. The molecular formula is C18H22N2O5. The Morgan fingerprint density at radius 1 is 1.28 bits per heavy atom. The molecule has 3 rings (SSSR count). The molecule has 0 aromatic heterocycles. The van der Waals surface area contributed by atoms with Gasteiger partial charge in [-0.15, -0.1) is 0 Å². The van der Waals surface area contributed by atoms with Gasteiger partial charge in [0, 0.05) is 19.0 Å². The van der Waals surface area contributed by atoms with E-state index in [-0.39, 0.29) is 30.8 Å². The summed E-state index contributed by atoms with van der Waals surface area (Å²) in [4.78, 5) is 37.7. The fraction of sp³-hybridized carbons (Fsp3) is 0.500. The summed E-state index contributed by atoms with van der Waals surface area (Å²) in [5.41, 5.74) is 0.648. The van der Waals surface area contributed by atoms with Crippen LogP contribution < -0.4 is 15.0 Å². The van der Waals surface area contributed by atoms with Gasteiger partial charge in [0.2, 0.25) is 11.8 Å². The fourth-order valence-electron chi connectivity index (χ4n) is 3.70. The zero-order valence-corrected chi connectivity index (χ0v) is 14.1. The average molecular weight is 346 g/mol. The number of methoxy groups -OCH3 is 1. The number of carbonyl (C=O) groups excluding carboxylic acids is 2. The first kappa shape index (κ1) is 17.3. The largest absolute Gasteiger partial charge is 0.495 e. The maximum absolute atomic E-state index is 12.5. The van der Waals surface area contributed by atoms with Crippen LogP contribution in [0.15, 0.2) is 24.3 Å². The van der Waals surface area contributed by atoms with Gasteiger partial charge in [0.05, 0.1) is 24.6 Å². The smallest absolute Gasteiger partial charge is 0.308 e. The van der Waals surface area contributed by atoms with E-state index in [1.165, 1.54) is 7.11 Å². The summed E-state index contributed by atoms with van der Waals surface area (Å²) in [6, 6.07) is 6.84. The number of carboxylic acid groups (broad SMARTS) is 1. The van der Waals surface area contributed by atoms with Gasteiger partial charge in [0.1, 0.15) is 5.75 Å². The average Bonchev–Trinajstić information content (AvgIpc) is 3.21. The molecule has 0 radical (unpaired) electrons. The molecule has 134 valence electrons. The lowest BCUT2D eigenvalue weighted by molar-refractivity contribution is -0.142. The first-order valence-corrected chi connectivity index (χ1v) is 8.48. The number of carbonyl (C=O) groups is 3. The molecular weight excluding hydrogens is 324 g/mol. The van der Waals surface area contributed by atoms with E-state index >= 15 is 0 Å². The number of aliphatic carboxylic acids is 1. The van der Waals surface area contributed by atoms with E-state index in [0.29, 0.717) is 24.3 Å². The van der Waals surface area contributed by atoms with E-state index in [1.807, 2.05) is 12.1 Å². The Hall–Kier alpha value is -2.57. The lowest BCUT2D eigenvalue weighted by Crippen LogP contribution is -2.43. The summed E-state index contributed by atoms with van der Waals surface area (Å²) >= 11 is 0. The summed E-state index contributed by atoms with van der Waals surface area (Å²) in [7, 11) is 1.54. The number of hydrogen-bond acceptors (Lipinski definition) is 4. The highest BCUT2D eigenvalue weighted by Crippen LogP contribution is 2.33. The number of hydrogen-bond donors (Lipinski definition) is 2. The number of ether oxygens (including phenoxy) is 1. The van der Waals surface area contributed by atoms with Crippen molar-refractivity contribution in [2.75, 3.05) is 18.6 Å². The number of rotatable bonds is 5. The fourth-order valence-corrected chi connectivity index (χ4v) is 3.70. The Morgan fingerprint density at radius 2 is 2.04 bits per heavy atom. The van der Waals surface area contributed by atoms with Gasteiger partial charge in [0.15, 0.2) is 0 Å². The number of nitrogens with zero attached hydrogens (tertiary/aromatic N) is 1. The van der Waals surface area contributed by atoms with Crippen LogP contribution in [0.2, 0.25) is 0 Å². The Kier molecular flexibility index (Phi) is 4.92. The first-order valence-electron chi connectivity index (χ1n) is 8.48. The maximum Gasteiger partial charge on any atom is 0.308 e. The molecule has 2 N–H and O–H groups in total. The van der Waals surface area contributed by atoms with Crippen molar-refractivity contribution in [2.24, 2.45) is 11.8 Å². The van der Waals surface area contributed by atoms with Crippen LogP contribution in [-0.4, -0.2) is 42.6 Å². The Balaban J connectivity index is 1.68. The standard InChI is InChI=1S/C18H22N2O5/c1-25-15-8-3-2-7-14(15)20-10-11(9-16(20)21)17(22)19-13-6-4-5-12(13)18(23)24/h2-3,7-8,11-13H,4-6,9-10H2,1H3,(H,19,22)(H,23,24)/t11?,12-,13+/m0/s1. The molecule has 1 heterocycles. The predicted octanol–water partition coefficient (Wildman–Crippen LogP) is 1.42. The molecule has 1 saturated heterocycles. The molecule has 1 aromatic rings. The first-order chi connectivity index (χ1) is 12.0. The molecule has 1 aliphatic carbocycles. The molecule has 2 fully saturated rings. The van der Waals surface area contributed by atoms with Crippen LogP contribution in [0.1, 0.15) is 25.7 Å². The monoisotopic (exact) mass is 346 g/mol. The molecule has 1 aromatic carbocycles. The minimum Gasteiger partial charge on any atom is -0.495 e. The molecule has 0 bridgehead atoms. The van der Waals surface area contributed by atoms with E-state index in [2.05, 4.69) is 5.32 Å². The van der Waals surface area contributed by atoms with Gasteiger partial charge in [-0.05, 0) is 25.0 Å². The van der Waals surface area contributed by atoms with Crippen molar-refractivity contribution in [2.45, 2.75) is 31.7 Å². The van der Waals surface area contributed by atoms with E-state index < -0.39 is 17.8 Å². The van der Waals surface area contributed by atoms with E-state index in [4.69, 9.17) is 4.74 Å². The number of carboxylic acids is 1. The number of anilines is 1. The number of para-hydroxylation sites is 2. The number of benzene rings is 1. The highest BCUT2D eigenvalue weighted by atomic mass is 16.5.